The van der Waals surface area contributed by atoms with Crippen molar-refractivity contribution in [1.82, 2.24) is 0 Å². The van der Waals surface area contributed by atoms with Gasteiger partial charge in [-0.1, -0.05) is 19.3 Å². The molecule has 3 nitrogen and oxygen atoms in total. The Bertz CT molecular complexity index is 320. The van der Waals surface area contributed by atoms with Crippen LogP contribution in [0.4, 0.5) is 0 Å². The van der Waals surface area contributed by atoms with Crippen molar-refractivity contribution in [2.45, 2.75) is 48.9 Å². The van der Waals surface area contributed by atoms with Gasteiger partial charge in [0, 0.05) is 11.5 Å². The fourth-order valence-corrected chi connectivity index (χ4v) is 7.26. The van der Waals surface area contributed by atoms with E-state index in [0.29, 0.717) is 17.4 Å². The van der Waals surface area contributed by atoms with Crippen LogP contribution in [-0.4, -0.2) is 30.3 Å². The molecule has 0 N–H and O–H groups in total. The molecule has 92 valence electrons. The maximum absolute atomic E-state index is 12.0. The second-order valence-electron chi connectivity index (χ2n) is 4.99. The van der Waals surface area contributed by atoms with Gasteiger partial charge < -0.3 is 4.74 Å². The molecule has 0 aromatic heterocycles. The van der Waals surface area contributed by atoms with Gasteiger partial charge in [-0.05, 0) is 25.2 Å². The third kappa shape index (κ3) is 1.63. The summed E-state index contributed by atoms with van der Waals surface area (Å²) in [5.41, 5.74) is 0. The first-order valence-corrected chi connectivity index (χ1v) is 8.84. The molecule has 1 spiro atoms. The Labute approximate surface area is 101 Å². The molecule has 3 aliphatic rings. The molecule has 3 fully saturated rings. The second-order valence-corrected chi connectivity index (χ2v) is 8.66. The number of hydrogen-bond acceptors (Lipinski definition) is 3. The zero-order valence-corrected chi connectivity index (χ0v) is 11.0. The molecular weight excluding hydrogens is 244 g/mol. The molecule has 3 rings (SSSR count). The predicted molar refractivity (Wildman–Crippen MR) is 64.8 cm³/mol. The van der Waals surface area contributed by atoms with E-state index in [1.54, 1.807) is 0 Å². The Kier molecular flexibility index (Phi) is 2.96. The minimum Gasteiger partial charge on any atom is -0.340 e. The Balaban J connectivity index is 1.76. The third-order valence-electron chi connectivity index (χ3n) is 3.95. The van der Waals surface area contributed by atoms with E-state index in [9.17, 15) is 8.42 Å². The lowest BCUT2D eigenvalue weighted by atomic mass is 9.87. The summed E-state index contributed by atoms with van der Waals surface area (Å²) in [6.07, 6.45) is 7.00. The number of hydrogen-bond donors (Lipinski definition) is 0. The molecular formula is C11H18O3S2. The molecule has 2 saturated heterocycles. The van der Waals surface area contributed by atoms with Crippen LogP contribution >= 0.6 is 0 Å². The van der Waals surface area contributed by atoms with Gasteiger partial charge in [0.1, 0.15) is 6.10 Å². The van der Waals surface area contributed by atoms with Crippen LogP contribution in [0.3, 0.4) is 0 Å². The van der Waals surface area contributed by atoms with E-state index in [1.807, 2.05) is 0 Å². The topological polar surface area (TPSA) is 46.7 Å². The first kappa shape index (κ1) is 11.4. The van der Waals surface area contributed by atoms with Crippen LogP contribution in [0.5, 0.6) is 0 Å². The van der Waals surface area contributed by atoms with Gasteiger partial charge in [0.15, 0.2) is 0 Å². The zero-order valence-electron chi connectivity index (χ0n) is 9.35. The second kappa shape index (κ2) is 4.18. The van der Waals surface area contributed by atoms with Gasteiger partial charge in [-0.3, -0.25) is 8.42 Å². The molecule has 2 aliphatic heterocycles. The van der Waals surface area contributed by atoms with Crippen molar-refractivity contribution in [2.24, 2.45) is 5.92 Å². The van der Waals surface area contributed by atoms with E-state index >= 15 is 0 Å². The van der Waals surface area contributed by atoms with Gasteiger partial charge >= 0.3 is 0 Å². The Morgan fingerprint density at radius 2 is 1.56 bits per heavy atom. The molecule has 0 aromatic carbocycles. The summed E-state index contributed by atoms with van der Waals surface area (Å²) < 4.78 is 29.0. The Hall–Kier alpha value is 0.260. The first-order valence-electron chi connectivity index (χ1n) is 6.20. The fourth-order valence-electron chi connectivity index (χ4n) is 3.04. The monoisotopic (exact) mass is 262 g/mol. The lowest BCUT2D eigenvalue weighted by molar-refractivity contribution is 0.264. The average molecular weight is 262 g/mol. The largest absolute Gasteiger partial charge is 0.340 e. The number of ether oxygens (including phenoxy) is 1. The van der Waals surface area contributed by atoms with Gasteiger partial charge in [-0.25, -0.2) is 0 Å². The fraction of sp³-hybridized carbons (Fsp3) is 1.00. The van der Waals surface area contributed by atoms with E-state index in [0.717, 1.165) is 6.42 Å². The summed E-state index contributed by atoms with van der Waals surface area (Å²) in [6.45, 7) is 0. The molecule has 5 heteroatoms. The van der Waals surface area contributed by atoms with Gasteiger partial charge in [0.05, 0.1) is 21.6 Å². The molecule has 3 atom stereocenters. The molecule has 2 heterocycles. The summed E-state index contributed by atoms with van der Waals surface area (Å²) in [7, 11) is -2.05. The predicted octanol–water partition coefficient (Wildman–Crippen LogP) is 1.52. The summed E-state index contributed by atoms with van der Waals surface area (Å²) >= 11 is 0. The average Bonchev–Trinajstić information content (AvgIpc) is 3.04. The van der Waals surface area contributed by atoms with Crippen molar-refractivity contribution in [1.29, 1.82) is 0 Å². The quantitative estimate of drug-likeness (QED) is 0.673. The van der Waals surface area contributed by atoms with E-state index in [1.165, 1.54) is 32.1 Å². The van der Waals surface area contributed by atoms with E-state index in [-0.39, 0.29) is 6.10 Å². The highest BCUT2D eigenvalue weighted by Crippen LogP contribution is 2.52. The standard InChI is InChI=1S/C11H18O3S2/c12-15-7-4-8-16(13)11(15)10(14-11)9-5-2-1-3-6-9/h9-10H,1-8H2/t10-,15-,16-/m1/s1. The summed E-state index contributed by atoms with van der Waals surface area (Å²) in [6, 6.07) is 0. The molecule has 0 unspecified atom stereocenters. The van der Waals surface area contributed by atoms with E-state index in [2.05, 4.69) is 0 Å². The highest BCUT2D eigenvalue weighted by Gasteiger charge is 2.69. The van der Waals surface area contributed by atoms with Crippen molar-refractivity contribution in [2.75, 3.05) is 11.5 Å². The normalized spacial score (nSPS) is 43.4. The van der Waals surface area contributed by atoms with Gasteiger partial charge in [0.2, 0.25) is 4.27 Å². The minimum absolute atomic E-state index is 0.0368. The Morgan fingerprint density at radius 3 is 2.19 bits per heavy atom. The summed E-state index contributed by atoms with van der Waals surface area (Å²) in [5.74, 6) is 1.86. The molecule has 1 aliphatic carbocycles. The van der Waals surface area contributed by atoms with Crippen molar-refractivity contribution >= 4 is 21.6 Å². The molecule has 0 radical (unpaired) electrons. The third-order valence-corrected chi connectivity index (χ3v) is 8.32. The van der Waals surface area contributed by atoms with Crippen molar-refractivity contribution < 1.29 is 13.2 Å². The molecule has 1 saturated carbocycles. The SMILES string of the molecule is O=[S@@]1CCC[S@@](=O)C12O[C@@H]2C1CCCCC1. The first-order chi connectivity index (χ1) is 7.75. The molecule has 0 bridgehead atoms. The smallest absolute Gasteiger partial charge is 0.244 e. The molecule has 0 aromatic rings. The lowest BCUT2D eigenvalue weighted by Gasteiger charge is -2.23. The van der Waals surface area contributed by atoms with Crippen LogP contribution in [-0.2, 0) is 26.3 Å². The van der Waals surface area contributed by atoms with Crippen LogP contribution < -0.4 is 0 Å². The van der Waals surface area contributed by atoms with Crippen molar-refractivity contribution in [3.8, 4) is 0 Å². The van der Waals surface area contributed by atoms with Gasteiger partial charge in [-0.2, -0.15) is 0 Å². The maximum atomic E-state index is 12.0. The Morgan fingerprint density at radius 1 is 0.938 bits per heavy atom. The van der Waals surface area contributed by atoms with Crippen LogP contribution in [0.1, 0.15) is 38.5 Å². The summed E-state index contributed by atoms with van der Waals surface area (Å²) in [4.78, 5) is 0. The highest BCUT2D eigenvalue weighted by atomic mass is 32.2. The number of rotatable bonds is 1. The highest BCUT2D eigenvalue weighted by molar-refractivity contribution is 8.05. The van der Waals surface area contributed by atoms with Crippen molar-refractivity contribution in [3.63, 3.8) is 0 Å². The van der Waals surface area contributed by atoms with Crippen LogP contribution in [0.15, 0.2) is 0 Å². The van der Waals surface area contributed by atoms with Gasteiger partial charge in [-0.15, -0.1) is 0 Å². The zero-order chi connectivity index (χ0) is 11.2. The minimum atomic E-state index is -1.02. The number of epoxide rings is 1. The lowest BCUT2D eigenvalue weighted by Crippen LogP contribution is -2.38. The maximum Gasteiger partial charge on any atom is 0.244 e. The summed E-state index contributed by atoms with van der Waals surface area (Å²) in [5, 5.41) is 0. The molecule has 16 heavy (non-hydrogen) atoms. The van der Waals surface area contributed by atoms with Gasteiger partial charge in [0.25, 0.3) is 0 Å². The van der Waals surface area contributed by atoms with Crippen LogP contribution in [0, 0.1) is 5.92 Å². The molecule has 0 amide bonds. The van der Waals surface area contributed by atoms with E-state index in [4.69, 9.17) is 4.74 Å². The van der Waals surface area contributed by atoms with Crippen LogP contribution in [0.2, 0.25) is 0 Å². The van der Waals surface area contributed by atoms with Crippen molar-refractivity contribution in [3.05, 3.63) is 0 Å². The van der Waals surface area contributed by atoms with E-state index < -0.39 is 25.9 Å². The van der Waals surface area contributed by atoms with Crippen LogP contribution in [0.25, 0.3) is 0 Å².